The summed E-state index contributed by atoms with van der Waals surface area (Å²) in [6, 6.07) is 25.2. The predicted octanol–water partition coefficient (Wildman–Crippen LogP) is 8.74. The minimum atomic E-state index is -4.70. The first-order valence-corrected chi connectivity index (χ1v) is 12.8. The largest absolute Gasteiger partial charge is 0.418 e. The molecule has 4 rings (SSSR count). The van der Waals surface area contributed by atoms with Gasteiger partial charge in [-0.2, -0.15) is 13.2 Å². The highest BCUT2D eigenvalue weighted by atomic mass is 35.5. The fourth-order valence-electron chi connectivity index (χ4n) is 3.54. The van der Waals surface area contributed by atoms with Crippen LogP contribution in [0.25, 0.3) is 0 Å². The molecule has 0 spiro atoms. The number of halogens is 5. The zero-order valence-corrected chi connectivity index (χ0v) is 21.8. The van der Waals surface area contributed by atoms with Gasteiger partial charge in [-0.1, -0.05) is 59.6 Å². The number of amides is 2. The topological polar surface area (TPSA) is 58.2 Å². The Hall–Kier alpha value is -3.46. The third kappa shape index (κ3) is 7.10. The highest BCUT2D eigenvalue weighted by Gasteiger charge is 2.35. The fraction of sp³-hybridized carbons (Fsp3) is 0.0714. The van der Waals surface area contributed by atoms with Gasteiger partial charge in [-0.05, 0) is 66.2 Å². The fourth-order valence-corrected chi connectivity index (χ4v) is 4.93. The minimum absolute atomic E-state index is 0.0909. The van der Waals surface area contributed by atoms with Crippen LogP contribution in [0.5, 0.6) is 0 Å². The number of hydrogen-bond acceptors (Lipinski definition) is 3. The summed E-state index contributed by atoms with van der Waals surface area (Å²) in [6.45, 7) is 0. The first-order chi connectivity index (χ1) is 18.1. The molecule has 0 bridgehead atoms. The zero-order valence-electron chi connectivity index (χ0n) is 19.4. The highest BCUT2D eigenvalue weighted by Crippen LogP contribution is 2.40. The van der Waals surface area contributed by atoms with Crippen LogP contribution in [-0.4, -0.2) is 11.8 Å². The quantitative estimate of drug-likeness (QED) is 0.217. The molecule has 0 aromatic heterocycles. The number of rotatable bonds is 7. The summed E-state index contributed by atoms with van der Waals surface area (Å²) >= 11 is 12.9. The van der Waals surface area contributed by atoms with Gasteiger partial charge < -0.3 is 10.6 Å². The molecule has 1 unspecified atom stereocenters. The molecule has 194 valence electrons. The smallest absolute Gasteiger partial charge is 0.324 e. The highest BCUT2D eigenvalue weighted by molar-refractivity contribution is 8.00. The van der Waals surface area contributed by atoms with Gasteiger partial charge in [-0.3, -0.25) is 9.59 Å². The molecule has 4 aromatic rings. The van der Waals surface area contributed by atoms with E-state index in [1.165, 1.54) is 6.07 Å². The average Bonchev–Trinajstić information content (AvgIpc) is 2.89. The molecule has 10 heteroatoms. The van der Waals surface area contributed by atoms with Crippen LogP contribution >= 0.6 is 35.0 Å². The first-order valence-electron chi connectivity index (χ1n) is 11.2. The van der Waals surface area contributed by atoms with Gasteiger partial charge in [-0.25, -0.2) is 0 Å². The van der Waals surface area contributed by atoms with Crippen LogP contribution in [0.3, 0.4) is 0 Å². The van der Waals surface area contributed by atoms with Gasteiger partial charge in [0.2, 0.25) is 5.91 Å². The molecular weight excluding hydrogens is 556 g/mol. The number of benzene rings is 4. The molecule has 0 radical (unpaired) electrons. The molecule has 1 atom stereocenters. The number of anilines is 2. The summed E-state index contributed by atoms with van der Waals surface area (Å²) in [5, 5.41) is 4.68. The van der Waals surface area contributed by atoms with Crippen molar-refractivity contribution in [2.45, 2.75) is 16.3 Å². The van der Waals surface area contributed by atoms with E-state index in [0.29, 0.717) is 26.7 Å². The van der Waals surface area contributed by atoms with Crippen LogP contribution in [0.2, 0.25) is 10.0 Å². The first kappa shape index (κ1) is 27.6. The van der Waals surface area contributed by atoms with Gasteiger partial charge in [0.1, 0.15) is 5.25 Å². The SMILES string of the molecule is O=C(Nc1ccc(SC(C(=O)Nc2ccc(Cl)cc2C(F)(F)F)c2ccccc2)cc1)c1cccc(Cl)c1. The Morgan fingerprint density at radius 1 is 0.763 bits per heavy atom. The Morgan fingerprint density at radius 3 is 2.11 bits per heavy atom. The van der Waals surface area contributed by atoms with Crippen molar-refractivity contribution >= 4 is 58.2 Å². The lowest BCUT2D eigenvalue weighted by molar-refractivity contribution is -0.137. The van der Waals surface area contributed by atoms with E-state index in [1.807, 2.05) is 0 Å². The number of thioether (sulfide) groups is 1. The molecule has 0 saturated carbocycles. The third-order valence-electron chi connectivity index (χ3n) is 5.34. The standard InChI is InChI=1S/C28H19Cl2F3N2O2S/c29-19-8-4-7-18(15-19)26(36)34-21-10-12-22(13-11-21)38-25(17-5-2-1-3-6-17)27(37)35-24-14-9-20(30)16-23(24)28(31,32)33/h1-16,25H,(H,34,36)(H,35,37). The second-order valence-corrected chi connectivity index (χ2v) is 10.1. The van der Waals surface area contributed by atoms with Crippen molar-refractivity contribution in [3.05, 3.63) is 124 Å². The van der Waals surface area contributed by atoms with Gasteiger partial charge in [0.15, 0.2) is 0 Å². The molecular formula is C28H19Cl2F3N2O2S. The Morgan fingerprint density at radius 2 is 1.45 bits per heavy atom. The number of alkyl halides is 3. The Labute approximate surface area is 231 Å². The van der Waals surface area contributed by atoms with Crippen molar-refractivity contribution in [2.75, 3.05) is 10.6 Å². The summed E-state index contributed by atoms with van der Waals surface area (Å²) < 4.78 is 40.7. The molecule has 0 aliphatic heterocycles. The van der Waals surface area contributed by atoms with E-state index in [-0.39, 0.29) is 16.6 Å². The summed E-state index contributed by atoms with van der Waals surface area (Å²) in [5.74, 6) is -0.967. The number of carbonyl (C=O) groups is 2. The Balaban J connectivity index is 1.54. The van der Waals surface area contributed by atoms with Crippen molar-refractivity contribution < 1.29 is 22.8 Å². The Kier molecular flexibility index (Phi) is 8.66. The molecule has 4 aromatic carbocycles. The van der Waals surface area contributed by atoms with Crippen molar-refractivity contribution in [1.82, 2.24) is 0 Å². The molecule has 2 amide bonds. The van der Waals surface area contributed by atoms with Crippen LogP contribution in [0, 0.1) is 0 Å². The minimum Gasteiger partial charge on any atom is -0.324 e. The van der Waals surface area contributed by atoms with Crippen molar-refractivity contribution in [2.24, 2.45) is 0 Å². The summed E-state index contributed by atoms with van der Waals surface area (Å²) in [5.41, 5.74) is 0.117. The molecule has 0 aliphatic rings. The van der Waals surface area contributed by atoms with E-state index in [9.17, 15) is 22.8 Å². The third-order valence-corrected chi connectivity index (χ3v) is 7.07. The van der Waals surface area contributed by atoms with Gasteiger partial charge in [-0.15, -0.1) is 11.8 Å². The van der Waals surface area contributed by atoms with E-state index in [4.69, 9.17) is 23.2 Å². The lowest BCUT2D eigenvalue weighted by Crippen LogP contribution is -2.21. The molecule has 2 N–H and O–H groups in total. The maximum Gasteiger partial charge on any atom is 0.418 e. The average molecular weight is 575 g/mol. The second kappa shape index (κ2) is 11.9. The van der Waals surface area contributed by atoms with Crippen LogP contribution in [0.15, 0.2) is 102 Å². The summed E-state index contributed by atoms with van der Waals surface area (Å²) in [6.07, 6.45) is -4.70. The number of hydrogen-bond donors (Lipinski definition) is 2. The number of carbonyl (C=O) groups excluding carboxylic acids is 2. The number of nitrogens with one attached hydrogen (secondary N) is 2. The van der Waals surface area contributed by atoms with Crippen molar-refractivity contribution in [3.8, 4) is 0 Å². The van der Waals surface area contributed by atoms with Crippen LogP contribution in [-0.2, 0) is 11.0 Å². The molecule has 0 aliphatic carbocycles. The van der Waals surface area contributed by atoms with Crippen LogP contribution < -0.4 is 10.6 Å². The van der Waals surface area contributed by atoms with Gasteiger partial charge >= 0.3 is 6.18 Å². The van der Waals surface area contributed by atoms with E-state index in [2.05, 4.69) is 10.6 Å². The lowest BCUT2D eigenvalue weighted by atomic mass is 10.1. The maximum absolute atomic E-state index is 13.6. The predicted molar refractivity (Wildman–Crippen MR) is 146 cm³/mol. The summed E-state index contributed by atoms with van der Waals surface area (Å²) in [4.78, 5) is 26.4. The van der Waals surface area contributed by atoms with E-state index < -0.39 is 22.9 Å². The maximum atomic E-state index is 13.6. The van der Waals surface area contributed by atoms with E-state index in [0.717, 1.165) is 23.9 Å². The monoisotopic (exact) mass is 574 g/mol. The van der Waals surface area contributed by atoms with Crippen molar-refractivity contribution in [1.29, 1.82) is 0 Å². The zero-order chi connectivity index (χ0) is 27.3. The van der Waals surface area contributed by atoms with Gasteiger partial charge in [0.05, 0.1) is 11.3 Å². The molecule has 0 saturated heterocycles. The van der Waals surface area contributed by atoms with Gasteiger partial charge in [0, 0.05) is 26.2 Å². The summed E-state index contributed by atoms with van der Waals surface area (Å²) in [7, 11) is 0. The van der Waals surface area contributed by atoms with E-state index in [1.54, 1.807) is 78.9 Å². The molecule has 4 nitrogen and oxygen atoms in total. The second-order valence-electron chi connectivity index (χ2n) is 8.07. The van der Waals surface area contributed by atoms with E-state index >= 15 is 0 Å². The molecule has 38 heavy (non-hydrogen) atoms. The van der Waals surface area contributed by atoms with Crippen molar-refractivity contribution in [3.63, 3.8) is 0 Å². The molecule has 0 fully saturated rings. The lowest BCUT2D eigenvalue weighted by Gasteiger charge is -2.19. The van der Waals surface area contributed by atoms with Gasteiger partial charge in [0.25, 0.3) is 5.91 Å². The molecule has 0 heterocycles. The van der Waals surface area contributed by atoms with Crippen LogP contribution in [0.1, 0.15) is 26.7 Å². The normalized spacial score (nSPS) is 12.0. The van der Waals surface area contributed by atoms with Crippen LogP contribution in [0.4, 0.5) is 24.5 Å². The Bertz CT molecular complexity index is 1450.